The van der Waals surface area contributed by atoms with Gasteiger partial charge in [0.05, 0.1) is 13.2 Å². The first-order chi connectivity index (χ1) is 8.75. The van der Waals surface area contributed by atoms with Crippen LogP contribution in [0.4, 0.5) is 0 Å². The maximum Gasteiger partial charge on any atom is 0.127 e. The van der Waals surface area contributed by atoms with Gasteiger partial charge in [0.2, 0.25) is 0 Å². The summed E-state index contributed by atoms with van der Waals surface area (Å²) in [5, 5.41) is 12.6. The van der Waals surface area contributed by atoms with Gasteiger partial charge in [0.1, 0.15) is 5.75 Å². The van der Waals surface area contributed by atoms with Crippen LogP contribution in [0.15, 0.2) is 12.1 Å². The van der Waals surface area contributed by atoms with Crippen molar-refractivity contribution in [3.63, 3.8) is 0 Å². The summed E-state index contributed by atoms with van der Waals surface area (Å²) in [5.74, 6) is 0.955. The Balaban J connectivity index is 3.06. The first-order valence-electron chi connectivity index (χ1n) is 6.82. The highest BCUT2D eigenvalue weighted by atomic mass is 16.5. The molecule has 0 heterocycles. The first kappa shape index (κ1) is 16.0. The van der Waals surface area contributed by atoms with Crippen LogP contribution in [-0.4, -0.2) is 24.9 Å². The van der Waals surface area contributed by atoms with Gasteiger partial charge < -0.3 is 15.2 Å². The minimum atomic E-state index is -0.335. The van der Waals surface area contributed by atoms with Crippen molar-refractivity contribution in [3.05, 3.63) is 28.8 Å². The summed E-state index contributed by atoms with van der Waals surface area (Å²) in [4.78, 5) is 0. The second-order valence-electron chi connectivity index (χ2n) is 6.23. The number of aliphatic hydroxyl groups excluding tert-OH is 1. The monoisotopic (exact) mass is 265 g/mol. The molecule has 1 rings (SSSR count). The molecule has 1 atom stereocenters. The van der Waals surface area contributed by atoms with Gasteiger partial charge in [-0.25, -0.2) is 0 Å². The van der Waals surface area contributed by atoms with E-state index in [0.29, 0.717) is 13.1 Å². The smallest absolute Gasteiger partial charge is 0.127 e. The van der Waals surface area contributed by atoms with Crippen LogP contribution in [0.5, 0.6) is 5.75 Å². The third kappa shape index (κ3) is 4.51. The largest absolute Gasteiger partial charge is 0.496 e. The average molecular weight is 265 g/mol. The van der Waals surface area contributed by atoms with Crippen molar-refractivity contribution >= 4 is 0 Å². The topological polar surface area (TPSA) is 41.5 Å². The van der Waals surface area contributed by atoms with Crippen LogP contribution in [0, 0.1) is 6.92 Å². The summed E-state index contributed by atoms with van der Waals surface area (Å²) >= 11 is 0. The highest BCUT2D eigenvalue weighted by Crippen LogP contribution is 2.35. The van der Waals surface area contributed by atoms with Gasteiger partial charge >= 0.3 is 0 Å². The Hall–Kier alpha value is -1.06. The molecule has 2 N–H and O–H groups in total. The van der Waals surface area contributed by atoms with Crippen LogP contribution in [0.1, 0.15) is 44.4 Å². The maximum absolute atomic E-state index is 9.30. The van der Waals surface area contributed by atoms with Crippen molar-refractivity contribution in [1.82, 2.24) is 5.32 Å². The third-order valence-electron chi connectivity index (χ3n) is 3.08. The van der Waals surface area contributed by atoms with Gasteiger partial charge in [0.25, 0.3) is 0 Å². The molecule has 19 heavy (non-hydrogen) atoms. The molecular weight excluding hydrogens is 238 g/mol. The first-order valence-corrected chi connectivity index (χ1v) is 6.82. The number of hydrogen-bond donors (Lipinski definition) is 2. The van der Waals surface area contributed by atoms with E-state index in [2.05, 4.69) is 45.1 Å². The minimum Gasteiger partial charge on any atom is -0.496 e. The molecule has 0 radical (unpaired) electrons. The summed E-state index contributed by atoms with van der Waals surface area (Å²) in [6, 6.07) is 4.33. The van der Waals surface area contributed by atoms with E-state index < -0.39 is 0 Å². The van der Waals surface area contributed by atoms with Crippen molar-refractivity contribution < 1.29 is 9.84 Å². The molecule has 1 aromatic rings. The number of nitrogens with one attached hydrogen (secondary N) is 1. The molecule has 0 spiro atoms. The lowest BCUT2D eigenvalue weighted by atomic mass is 9.84. The van der Waals surface area contributed by atoms with E-state index in [-0.39, 0.29) is 11.5 Å². The Morgan fingerprint density at radius 1 is 1.32 bits per heavy atom. The average Bonchev–Trinajstić information content (AvgIpc) is 2.26. The number of hydrogen-bond acceptors (Lipinski definition) is 3. The fourth-order valence-electron chi connectivity index (χ4n) is 2.19. The standard InChI is InChI=1S/C16H27NO2/c1-11-7-13(10-17-9-12(2)18)15(19-6)14(8-11)16(3,4)5/h7-8,12,17-18H,9-10H2,1-6H3. The Morgan fingerprint density at radius 2 is 1.95 bits per heavy atom. The molecule has 0 bridgehead atoms. The van der Waals surface area contributed by atoms with E-state index >= 15 is 0 Å². The van der Waals surface area contributed by atoms with E-state index in [9.17, 15) is 5.11 Å². The normalized spacial score (nSPS) is 13.4. The van der Waals surface area contributed by atoms with Gasteiger partial charge in [-0.3, -0.25) is 0 Å². The quantitative estimate of drug-likeness (QED) is 0.860. The molecule has 1 aromatic carbocycles. The van der Waals surface area contributed by atoms with Crippen molar-refractivity contribution in [2.45, 2.75) is 52.7 Å². The van der Waals surface area contributed by atoms with Gasteiger partial charge in [-0.1, -0.05) is 38.5 Å². The summed E-state index contributed by atoms with van der Waals surface area (Å²) < 4.78 is 5.61. The van der Waals surface area contributed by atoms with E-state index in [1.54, 1.807) is 14.0 Å². The van der Waals surface area contributed by atoms with E-state index in [0.717, 1.165) is 11.3 Å². The molecule has 0 fully saturated rings. The van der Waals surface area contributed by atoms with Gasteiger partial charge in [-0.15, -0.1) is 0 Å². The van der Waals surface area contributed by atoms with Crippen LogP contribution in [0.3, 0.4) is 0 Å². The summed E-state index contributed by atoms with van der Waals surface area (Å²) in [5.41, 5.74) is 3.66. The van der Waals surface area contributed by atoms with E-state index in [1.165, 1.54) is 11.1 Å². The molecule has 3 nitrogen and oxygen atoms in total. The van der Waals surface area contributed by atoms with E-state index in [1.807, 2.05) is 0 Å². The third-order valence-corrected chi connectivity index (χ3v) is 3.08. The number of methoxy groups -OCH3 is 1. The molecule has 3 heteroatoms. The number of benzene rings is 1. The molecule has 0 saturated heterocycles. The van der Waals surface area contributed by atoms with Gasteiger partial charge in [-0.05, 0) is 19.3 Å². The highest BCUT2D eigenvalue weighted by molar-refractivity contribution is 5.47. The van der Waals surface area contributed by atoms with E-state index in [4.69, 9.17) is 4.74 Å². The van der Waals surface area contributed by atoms with Crippen LogP contribution in [-0.2, 0) is 12.0 Å². The molecule has 0 aliphatic heterocycles. The Kier molecular flexibility index (Phi) is 5.39. The Labute approximate surface area is 117 Å². The predicted molar refractivity (Wildman–Crippen MR) is 79.8 cm³/mol. The molecule has 0 aliphatic rings. The molecule has 108 valence electrons. The zero-order chi connectivity index (χ0) is 14.6. The second kappa shape index (κ2) is 6.40. The molecule has 0 saturated carbocycles. The summed E-state index contributed by atoms with van der Waals surface area (Å²) in [6.45, 7) is 11.8. The van der Waals surface area contributed by atoms with Crippen LogP contribution < -0.4 is 10.1 Å². The molecule has 0 amide bonds. The SMILES string of the molecule is COc1c(CNCC(C)O)cc(C)cc1C(C)(C)C. The van der Waals surface area contributed by atoms with Gasteiger partial charge in [-0.2, -0.15) is 0 Å². The molecular formula is C16H27NO2. The lowest BCUT2D eigenvalue weighted by Gasteiger charge is -2.25. The van der Waals surface area contributed by atoms with Crippen molar-refractivity contribution in [2.75, 3.05) is 13.7 Å². The van der Waals surface area contributed by atoms with Gasteiger partial charge in [0.15, 0.2) is 0 Å². The van der Waals surface area contributed by atoms with Crippen LogP contribution in [0.25, 0.3) is 0 Å². The zero-order valence-corrected chi connectivity index (χ0v) is 13.0. The number of aryl methyl sites for hydroxylation is 1. The fourth-order valence-corrected chi connectivity index (χ4v) is 2.19. The number of aliphatic hydroxyl groups is 1. The Bertz CT molecular complexity index is 419. The number of ether oxygens (including phenoxy) is 1. The molecule has 0 aliphatic carbocycles. The minimum absolute atomic E-state index is 0.0520. The maximum atomic E-state index is 9.30. The summed E-state index contributed by atoms with van der Waals surface area (Å²) in [6.07, 6.45) is -0.335. The molecule has 1 unspecified atom stereocenters. The van der Waals surface area contributed by atoms with Crippen molar-refractivity contribution in [2.24, 2.45) is 0 Å². The van der Waals surface area contributed by atoms with Crippen molar-refractivity contribution in [3.8, 4) is 5.75 Å². The van der Waals surface area contributed by atoms with Gasteiger partial charge in [0, 0.05) is 24.2 Å². The van der Waals surface area contributed by atoms with Crippen molar-refractivity contribution in [1.29, 1.82) is 0 Å². The summed E-state index contributed by atoms with van der Waals surface area (Å²) in [7, 11) is 1.72. The lowest BCUT2D eigenvalue weighted by Crippen LogP contribution is -2.24. The number of rotatable bonds is 5. The molecule has 0 aromatic heterocycles. The highest BCUT2D eigenvalue weighted by Gasteiger charge is 2.21. The van der Waals surface area contributed by atoms with Crippen LogP contribution in [0.2, 0.25) is 0 Å². The zero-order valence-electron chi connectivity index (χ0n) is 13.0. The second-order valence-corrected chi connectivity index (χ2v) is 6.23. The van der Waals surface area contributed by atoms with Crippen LogP contribution >= 0.6 is 0 Å². The lowest BCUT2D eigenvalue weighted by molar-refractivity contribution is 0.191. The predicted octanol–water partition coefficient (Wildman–Crippen LogP) is 2.77. The fraction of sp³-hybridized carbons (Fsp3) is 0.625. The Morgan fingerprint density at radius 3 is 2.42 bits per heavy atom.